The number of aryl methyl sites for hydroxylation is 1. The molecule has 1 aromatic carbocycles. The minimum Gasteiger partial charge on any atom is -0.480 e. The fourth-order valence-electron chi connectivity index (χ4n) is 1.47. The summed E-state index contributed by atoms with van der Waals surface area (Å²) in [5.41, 5.74) is 2.36. The van der Waals surface area contributed by atoms with Gasteiger partial charge < -0.3 is 5.11 Å². The Bertz CT molecular complexity index is 360. The Hall–Kier alpha value is -0.960. The molecular weight excluding hydrogens is 184 g/mol. The standard InChI is InChI=1S/C10H10O2S/c1-6-2-3-7-5-9(10(11)12)13-8(7)4-6/h2-4,9H,5H2,1H3,(H,11,12)/t9-/m0/s1. The number of fused-ring (bicyclic) bond motifs is 1. The Kier molecular flexibility index (Phi) is 2.04. The summed E-state index contributed by atoms with van der Waals surface area (Å²) < 4.78 is 0. The van der Waals surface area contributed by atoms with Crippen LogP contribution in [0.25, 0.3) is 0 Å². The summed E-state index contributed by atoms with van der Waals surface area (Å²) in [5.74, 6) is -0.709. The summed E-state index contributed by atoms with van der Waals surface area (Å²) in [4.78, 5) is 11.9. The highest BCUT2D eigenvalue weighted by atomic mass is 32.2. The molecule has 3 heteroatoms. The molecule has 13 heavy (non-hydrogen) atoms. The van der Waals surface area contributed by atoms with Crippen LogP contribution in [0.15, 0.2) is 23.1 Å². The van der Waals surface area contributed by atoms with Crippen LogP contribution >= 0.6 is 11.8 Å². The van der Waals surface area contributed by atoms with Crippen molar-refractivity contribution in [2.75, 3.05) is 0 Å². The van der Waals surface area contributed by atoms with Crippen molar-refractivity contribution in [3.8, 4) is 0 Å². The largest absolute Gasteiger partial charge is 0.480 e. The molecule has 0 radical (unpaired) electrons. The number of aliphatic carboxylic acids is 1. The topological polar surface area (TPSA) is 37.3 Å². The minimum absolute atomic E-state index is 0.281. The molecule has 1 atom stereocenters. The molecule has 1 aliphatic rings. The van der Waals surface area contributed by atoms with E-state index in [0.29, 0.717) is 6.42 Å². The summed E-state index contributed by atoms with van der Waals surface area (Å²) in [6.45, 7) is 2.02. The maximum atomic E-state index is 10.7. The van der Waals surface area contributed by atoms with Gasteiger partial charge in [-0.05, 0) is 25.0 Å². The van der Waals surface area contributed by atoms with Crippen LogP contribution in [0.1, 0.15) is 11.1 Å². The van der Waals surface area contributed by atoms with Gasteiger partial charge in [0.25, 0.3) is 0 Å². The van der Waals surface area contributed by atoms with Crippen molar-refractivity contribution in [1.29, 1.82) is 0 Å². The molecule has 2 nitrogen and oxygen atoms in total. The fraction of sp³-hybridized carbons (Fsp3) is 0.300. The maximum absolute atomic E-state index is 10.7. The van der Waals surface area contributed by atoms with Crippen LogP contribution in [-0.4, -0.2) is 16.3 Å². The molecule has 0 saturated heterocycles. The third kappa shape index (κ3) is 1.56. The summed E-state index contributed by atoms with van der Waals surface area (Å²) in [6.07, 6.45) is 0.662. The molecule has 1 N–H and O–H groups in total. The third-order valence-electron chi connectivity index (χ3n) is 2.17. The van der Waals surface area contributed by atoms with Crippen LogP contribution < -0.4 is 0 Å². The molecule has 0 spiro atoms. The number of thioether (sulfide) groups is 1. The molecule has 0 amide bonds. The second-order valence-corrected chi connectivity index (χ2v) is 4.50. The van der Waals surface area contributed by atoms with Crippen molar-refractivity contribution in [3.63, 3.8) is 0 Å². The number of carboxylic acids is 1. The quantitative estimate of drug-likeness (QED) is 0.743. The van der Waals surface area contributed by atoms with Gasteiger partial charge in [-0.25, -0.2) is 0 Å². The molecule has 2 rings (SSSR count). The van der Waals surface area contributed by atoms with E-state index in [1.165, 1.54) is 22.9 Å². The van der Waals surface area contributed by atoms with E-state index in [1.807, 2.05) is 19.1 Å². The first kappa shape index (κ1) is 8.63. The molecule has 1 heterocycles. The zero-order valence-corrected chi connectivity index (χ0v) is 8.10. The first-order valence-electron chi connectivity index (χ1n) is 4.16. The van der Waals surface area contributed by atoms with E-state index in [2.05, 4.69) is 6.07 Å². The molecule has 1 aromatic rings. The Balaban J connectivity index is 2.30. The molecule has 1 aliphatic heterocycles. The summed E-state index contributed by atoms with van der Waals surface area (Å²) >= 11 is 1.46. The van der Waals surface area contributed by atoms with Crippen LogP contribution in [-0.2, 0) is 11.2 Å². The van der Waals surface area contributed by atoms with Gasteiger partial charge in [-0.2, -0.15) is 0 Å². The Morgan fingerprint density at radius 2 is 2.38 bits per heavy atom. The molecule has 0 aromatic heterocycles. The number of carbonyl (C=O) groups is 1. The zero-order chi connectivity index (χ0) is 9.42. The lowest BCUT2D eigenvalue weighted by Crippen LogP contribution is -2.14. The molecule has 0 bridgehead atoms. The smallest absolute Gasteiger partial charge is 0.317 e. The van der Waals surface area contributed by atoms with Gasteiger partial charge in [0, 0.05) is 4.90 Å². The lowest BCUT2D eigenvalue weighted by molar-refractivity contribution is -0.136. The predicted octanol–water partition coefficient (Wildman–Crippen LogP) is 2.10. The van der Waals surface area contributed by atoms with E-state index >= 15 is 0 Å². The monoisotopic (exact) mass is 194 g/mol. The first-order valence-corrected chi connectivity index (χ1v) is 5.04. The maximum Gasteiger partial charge on any atom is 0.317 e. The number of rotatable bonds is 1. The third-order valence-corrected chi connectivity index (χ3v) is 3.46. The van der Waals surface area contributed by atoms with Crippen molar-refractivity contribution in [2.45, 2.75) is 23.5 Å². The molecular formula is C10H10O2S. The Labute approximate surface area is 81.0 Å². The fourth-order valence-corrected chi connectivity index (χ4v) is 2.70. The Morgan fingerprint density at radius 3 is 3.08 bits per heavy atom. The van der Waals surface area contributed by atoms with Gasteiger partial charge in [0.05, 0.1) is 0 Å². The van der Waals surface area contributed by atoms with Crippen LogP contribution in [0.2, 0.25) is 0 Å². The summed E-state index contributed by atoms with van der Waals surface area (Å²) in [7, 11) is 0. The van der Waals surface area contributed by atoms with Crippen molar-refractivity contribution >= 4 is 17.7 Å². The molecule has 0 aliphatic carbocycles. The summed E-state index contributed by atoms with van der Waals surface area (Å²) in [6, 6.07) is 6.12. The number of hydrogen-bond donors (Lipinski definition) is 1. The van der Waals surface area contributed by atoms with Crippen LogP contribution in [0.5, 0.6) is 0 Å². The van der Waals surface area contributed by atoms with Crippen molar-refractivity contribution in [3.05, 3.63) is 29.3 Å². The van der Waals surface area contributed by atoms with Gasteiger partial charge in [-0.1, -0.05) is 17.7 Å². The second-order valence-electron chi connectivity index (χ2n) is 3.26. The van der Waals surface area contributed by atoms with Gasteiger partial charge in [0.2, 0.25) is 0 Å². The van der Waals surface area contributed by atoms with E-state index in [9.17, 15) is 4.79 Å². The highest BCUT2D eigenvalue weighted by Gasteiger charge is 2.27. The van der Waals surface area contributed by atoms with E-state index in [-0.39, 0.29) is 5.25 Å². The molecule has 0 saturated carbocycles. The van der Waals surface area contributed by atoms with Crippen LogP contribution in [0.4, 0.5) is 0 Å². The summed E-state index contributed by atoms with van der Waals surface area (Å²) in [5, 5.41) is 8.55. The highest BCUT2D eigenvalue weighted by Crippen LogP contribution is 2.37. The molecule has 0 unspecified atom stereocenters. The van der Waals surface area contributed by atoms with E-state index in [0.717, 1.165) is 4.90 Å². The van der Waals surface area contributed by atoms with Crippen LogP contribution in [0.3, 0.4) is 0 Å². The minimum atomic E-state index is -0.709. The Morgan fingerprint density at radius 1 is 1.62 bits per heavy atom. The first-order chi connectivity index (χ1) is 6.16. The lowest BCUT2D eigenvalue weighted by atomic mass is 10.1. The van der Waals surface area contributed by atoms with Gasteiger partial charge in [-0.3, -0.25) is 4.79 Å². The molecule has 0 fully saturated rings. The van der Waals surface area contributed by atoms with E-state index in [1.54, 1.807) is 0 Å². The van der Waals surface area contributed by atoms with Gasteiger partial charge in [-0.15, -0.1) is 11.8 Å². The van der Waals surface area contributed by atoms with E-state index < -0.39 is 5.97 Å². The highest BCUT2D eigenvalue weighted by molar-refractivity contribution is 8.01. The second kappa shape index (κ2) is 3.07. The number of hydrogen-bond acceptors (Lipinski definition) is 2. The number of carboxylic acid groups (broad SMARTS) is 1. The van der Waals surface area contributed by atoms with E-state index in [4.69, 9.17) is 5.11 Å². The van der Waals surface area contributed by atoms with Crippen molar-refractivity contribution < 1.29 is 9.90 Å². The lowest BCUT2D eigenvalue weighted by Gasteiger charge is -1.98. The SMILES string of the molecule is Cc1ccc2c(c1)S[C@H](C(=O)O)C2. The normalized spacial score (nSPS) is 19.9. The average Bonchev–Trinajstić information content (AvgIpc) is 2.46. The van der Waals surface area contributed by atoms with Crippen molar-refractivity contribution in [1.82, 2.24) is 0 Å². The van der Waals surface area contributed by atoms with Gasteiger partial charge >= 0.3 is 5.97 Å². The van der Waals surface area contributed by atoms with Gasteiger partial charge in [0.15, 0.2) is 0 Å². The predicted molar refractivity (Wildman–Crippen MR) is 52.2 cm³/mol. The molecule has 68 valence electrons. The van der Waals surface area contributed by atoms with Gasteiger partial charge in [0.1, 0.15) is 5.25 Å². The van der Waals surface area contributed by atoms with Crippen molar-refractivity contribution in [2.24, 2.45) is 0 Å². The number of benzene rings is 1. The average molecular weight is 194 g/mol. The zero-order valence-electron chi connectivity index (χ0n) is 7.28. The van der Waals surface area contributed by atoms with Crippen LogP contribution in [0, 0.1) is 6.92 Å².